The van der Waals surface area contributed by atoms with Gasteiger partial charge in [-0.3, -0.25) is 0 Å². The van der Waals surface area contributed by atoms with Crippen molar-refractivity contribution in [2.24, 2.45) is 5.10 Å². The first-order chi connectivity index (χ1) is 13.6. The molecule has 2 aromatic carbocycles. The van der Waals surface area contributed by atoms with Gasteiger partial charge in [-0.15, -0.1) is 0 Å². The Bertz CT molecular complexity index is 876. The number of nitrogens with one attached hydrogen (secondary N) is 1. The average Bonchev–Trinajstić information content (AvgIpc) is 3.15. The minimum absolute atomic E-state index is 0.188. The quantitative estimate of drug-likeness (QED) is 0.673. The Kier molecular flexibility index (Phi) is 5.67. The third-order valence-corrected chi connectivity index (χ3v) is 6.05. The lowest BCUT2D eigenvalue weighted by molar-refractivity contribution is 0.178. The number of urea groups is 1. The second-order valence-corrected chi connectivity index (χ2v) is 8.38. The van der Waals surface area contributed by atoms with Gasteiger partial charge >= 0.3 is 6.03 Å². The number of carbonyl (C=O) groups excluding carboxylic acids is 1. The molecule has 5 nitrogen and oxygen atoms in total. The van der Waals surface area contributed by atoms with Crippen molar-refractivity contribution in [3.05, 3.63) is 64.1 Å². The van der Waals surface area contributed by atoms with Crippen LogP contribution in [0, 0.1) is 0 Å². The van der Waals surface area contributed by atoms with Gasteiger partial charge in [-0.25, -0.2) is 9.80 Å². The lowest BCUT2D eigenvalue weighted by Gasteiger charge is -2.27. The van der Waals surface area contributed by atoms with Gasteiger partial charge < -0.3 is 10.4 Å². The second-order valence-electron chi connectivity index (χ2n) is 7.46. The van der Waals surface area contributed by atoms with E-state index in [1.165, 1.54) is 11.4 Å². The normalized spacial score (nSPS) is 20.1. The van der Waals surface area contributed by atoms with Gasteiger partial charge in [0.05, 0.1) is 11.8 Å². The Hall–Kier alpha value is -2.34. The van der Waals surface area contributed by atoms with E-state index in [0.29, 0.717) is 6.42 Å². The summed E-state index contributed by atoms with van der Waals surface area (Å²) >= 11 is 3.46. The summed E-state index contributed by atoms with van der Waals surface area (Å²) in [6.07, 6.45) is 6.15. The molecular formula is C22H24BrN3O2. The zero-order valence-corrected chi connectivity index (χ0v) is 17.2. The average molecular weight is 442 g/mol. The fourth-order valence-electron chi connectivity index (χ4n) is 4.01. The van der Waals surface area contributed by atoms with Crippen molar-refractivity contribution in [2.75, 3.05) is 0 Å². The number of aromatic hydroxyl groups is 1. The summed E-state index contributed by atoms with van der Waals surface area (Å²) in [5, 5.41) is 19.7. The predicted octanol–water partition coefficient (Wildman–Crippen LogP) is 5.35. The minimum atomic E-state index is -0.316. The number of amides is 2. The van der Waals surface area contributed by atoms with Crippen molar-refractivity contribution >= 4 is 27.7 Å². The molecule has 1 atom stereocenters. The van der Waals surface area contributed by atoms with Crippen LogP contribution in [-0.2, 0) is 0 Å². The summed E-state index contributed by atoms with van der Waals surface area (Å²) in [6.45, 7) is 0. The van der Waals surface area contributed by atoms with Gasteiger partial charge in [0.15, 0.2) is 0 Å². The molecule has 0 radical (unpaired) electrons. The van der Waals surface area contributed by atoms with Crippen LogP contribution in [0.5, 0.6) is 5.75 Å². The first-order valence-electron chi connectivity index (χ1n) is 9.83. The van der Waals surface area contributed by atoms with Gasteiger partial charge in [-0.1, -0.05) is 65.5 Å². The number of para-hydroxylation sites is 1. The van der Waals surface area contributed by atoms with Gasteiger partial charge in [0.25, 0.3) is 0 Å². The number of rotatable bonds is 3. The Balaban J connectivity index is 1.62. The summed E-state index contributed by atoms with van der Waals surface area (Å²) < 4.78 is 0.999. The van der Waals surface area contributed by atoms with Gasteiger partial charge in [-0.05, 0) is 36.6 Å². The summed E-state index contributed by atoms with van der Waals surface area (Å²) in [5.74, 6) is 0.190. The number of phenolic OH excluding ortho intramolecular Hbond substituents is 1. The van der Waals surface area contributed by atoms with Crippen LogP contribution in [-0.4, -0.2) is 27.9 Å². The molecule has 2 amide bonds. The standard InChI is InChI=1S/C22H24BrN3O2/c23-16-12-10-15(11-13-16)19-14-20(18-8-4-5-9-21(18)27)26(25-19)22(28)24-17-6-2-1-3-7-17/h4-5,8-13,17,20,27H,1-3,6-7,14H2,(H,24,28)/t20-/m1/s1. The highest BCUT2D eigenvalue weighted by molar-refractivity contribution is 9.10. The fraction of sp³-hybridized carbons (Fsp3) is 0.364. The largest absolute Gasteiger partial charge is 0.508 e. The maximum atomic E-state index is 13.1. The Morgan fingerprint density at radius 2 is 1.79 bits per heavy atom. The molecule has 0 unspecified atom stereocenters. The topological polar surface area (TPSA) is 64.9 Å². The van der Waals surface area contributed by atoms with Crippen molar-refractivity contribution < 1.29 is 9.90 Å². The van der Waals surface area contributed by atoms with E-state index >= 15 is 0 Å². The third-order valence-electron chi connectivity index (χ3n) is 5.52. The summed E-state index contributed by atoms with van der Waals surface area (Å²) in [4.78, 5) is 13.1. The number of benzene rings is 2. The van der Waals surface area contributed by atoms with Crippen molar-refractivity contribution in [3.63, 3.8) is 0 Å². The number of hydrogen-bond acceptors (Lipinski definition) is 3. The minimum Gasteiger partial charge on any atom is -0.508 e. The molecule has 1 saturated carbocycles. The van der Waals surface area contributed by atoms with Crippen molar-refractivity contribution in [2.45, 2.75) is 50.6 Å². The number of carbonyl (C=O) groups is 1. The molecule has 1 aliphatic carbocycles. The molecule has 0 spiro atoms. The molecule has 4 rings (SSSR count). The molecule has 2 aromatic rings. The fourth-order valence-corrected chi connectivity index (χ4v) is 4.28. The number of hydrazone groups is 1. The molecule has 0 saturated heterocycles. The summed E-state index contributed by atoms with van der Waals surface area (Å²) in [6, 6.07) is 14.8. The number of nitrogens with zero attached hydrogens (tertiary/aromatic N) is 2. The van der Waals surface area contributed by atoms with Crippen LogP contribution in [0.15, 0.2) is 58.1 Å². The second kappa shape index (κ2) is 8.35. The van der Waals surface area contributed by atoms with Crippen molar-refractivity contribution in [1.29, 1.82) is 0 Å². The molecule has 146 valence electrons. The predicted molar refractivity (Wildman–Crippen MR) is 113 cm³/mol. The van der Waals surface area contributed by atoms with E-state index in [0.717, 1.165) is 47.0 Å². The highest BCUT2D eigenvalue weighted by Gasteiger charge is 2.35. The molecule has 1 fully saturated rings. The van der Waals surface area contributed by atoms with Crippen LogP contribution in [0.1, 0.15) is 55.7 Å². The summed E-state index contributed by atoms with van der Waals surface area (Å²) in [7, 11) is 0. The molecule has 2 N–H and O–H groups in total. The van der Waals surface area contributed by atoms with Gasteiger partial charge in [0.2, 0.25) is 0 Å². The summed E-state index contributed by atoms with van der Waals surface area (Å²) in [5.41, 5.74) is 2.55. The maximum absolute atomic E-state index is 13.1. The number of halogens is 1. The molecule has 0 bridgehead atoms. The van der Waals surface area contributed by atoms with Crippen LogP contribution in [0.2, 0.25) is 0 Å². The lowest BCUT2D eigenvalue weighted by atomic mass is 9.95. The van der Waals surface area contributed by atoms with Crippen LogP contribution in [0.4, 0.5) is 4.79 Å². The van der Waals surface area contributed by atoms with E-state index in [9.17, 15) is 9.90 Å². The Labute approximate surface area is 173 Å². The van der Waals surface area contributed by atoms with E-state index < -0.39 is 0 Å². The van der Waals surface area contributed by atoms with Crippen LogP contribution >= 0.6 is 15.9 Å². The van der Waals surface area contributed by atoms with E-state index in [-0.39, 0.29) is 23.9 Å². The van der Waals surface area contributed by atoms with Crippen LogP contribution in [0.3, 0.4) is 0 Å². The first kappa shape index (κ1) is 19.0. The zero-order valence-electron chi connectivity index (χ0n) is 15.6. The smallest absolute Gasteiger partial charge is 0.338 e. The number of hydrogen-bond donors (Lipinski definition) is 2. The molecular weight excluding hydrogens is 418 g/mol. The molecule has 1 aliphatic heterocycles. The lowest BCUT2D eigenvalue weighted by Crippen LogP contribution is -2.43. The Morgan fingerprint density at radius 1 is 1.07 bits per heavy atom. The molecule has 1 heterocycles. The van der Waals surface area contributed by atoms with Crippen LogP contribution in [0.25, 0.3) is 0 Å². The first-order valence-corrected chi connectivity index (χ1v) is 10.6. The van der Waals surface area contributed by atoms with Gasteiger partial charge in [0.1, 0.15) is 5.75 Å². The zero-order chi connectivity index (χ0) is 19.5. The Morgan fingerprint density at radius 3 is 2.50 bits per heavy atom. The number of phenols is 1. The van der Waals surface area contributed by atoms with Gasteiger partial charge in [-0.2, -0.15) is 5.10 Å². The van der Waals surface area contributed by atoms with E-state index in [1.807, 2.05) is 36.4 Å². The molecule has 28 heavy (non-hydrogen) atoms. The monoisotopic (exact) mass is 441 g/mol. The van der Waals surface area contributed by atoms with Crippen LogP contribution < -0.4 is 5.32 Å². The SMILES string of the molecule is O=C(NC1CCCCC1)N1N=C(c2ccc(Br)cc2)C[C@@H]1c1ccccc1O. The van der Waals surface area contributed by atoms with E-state index in [1.54, 1.807) is 12.1 Å². The van der Waals surface area contributed by atoms with E-state index in [2.05, 4.69) is 26.3 Å². The molecule has 2 aliphatic rings. The van der Waals surface area contributed by atoms with Crippen molar-refractivity contribution in [1.82, 2.24) is 10.3 Å². The van der Waals surface area contributed by atoms with Gasteiger partial charge in [0, 0.05) is 22.5 Å². The molecule has 6 heteroatoms. The third kappa shape index (κ3) is 4.07. The highest BCUT2D eigenvalue weighted by Crippen LogP contribution is 2.37. The maximum Gasteiger partial charge on any atom is 0.338 e. The highest BCUT2D eigenvalue weighted by atomic mass is 79.9. The molecule has 0 aromatic heterocycles. The van der Waals surface area contributed by atoms with Crippen molar-refractivity contribution in [3.8, 4) is 5.75 Å². The van der Waals surface area contributed by atoms with E-state index in [4.69, 9.17) is 0 Å².